The fourth-order valence-electron chi connectivity index (χ4n) is 3.90. The average molecular weight is 482 g/mol. The van der Waals surface area contributed by atoms with Gasteiger partial charge in [-0.25, -0.2) is 4.98 Å². The summed E-state index contributed by atoms with van der Waals surface area (Å²) in [6.07, 6.45) is 4.35. The fraction of sp³-hybridized carbons (Fsp3) is 0.292. The lowest BCUT2D eigenvalue weighted by atomic mass is 9.96. The number of hydrogen-bond acceptors (Lipinski definition) is 7. The van der Waals surface area contributed by atoms with Crippen LogP contribution in [0.3, 0.4) is 0 Å². The standard InChI is InChI=1S/C24H23N3O4S2/c1-14(28)25-11-16-7-9-22(33-16)19-13-32-24(26-19)27-23(29)12-30-15-6-8-21-18(10-15)17-4-2-3-5-20(17)31-21/h6-10,13H,2-5,11-12H2,1H3,(H,25,28)(H,26,27,29). The molecule has 0 atom stereocenters. The number of rotatable bonds is 7. The Morgan fingerprint density at radius 1 is 1.18 bits per heavy atom. The molecule has 7 nitrogen and oxygen atoms in total. The fourth-order valence-corrected chi connectivity index (χ4v) is 5.61. The highest BCUT2D eigenvalue weighted by molar-refractivity contribution is 7.17. The van der Waals surface area contributed by atoms with Gasteiger partial charge in [0.2, 0.25) is 5.91 Å². The van der Waals surface area contributed by atoms with Gasteiger partial charge in [0.15, 0.2) is 11.7 Å². The Kier molecular flexibility index (Phi) is 6.15. The Bertz CT molecular complexity index is 1320. The van der Waals surface area contributed by atoms with Crippen molar-refractivity contribution in [2.24, 2.45) is 0 Å². The molecule has 0 bridgehead atoms. The molecule has 0 unspecified atom stereocenters. The zero-order chi connectivity index (χ0) is 22.8. The third-order valence-electron chi connectivity index (χ3n) is 5.47. The first-order valence-electron chi connectivity index (χ1n) is 10.8. The summed E-state index contributed by atoms with van der Waals surface area (Å²) in [6, 6.07) is 9.65. The second-order valence-electron chi connectivity index (χ2n) is 7.92. The van der Waals surface area contributed by atoms with Crippen LogP contribution in [0.25, 0.3) is 21.5 Å². The second kappa shape index (κ2) is 9.36. The van der Waals surface area contributed by atoms with Crippen molar-refractivity contribution in [1.29, 1.82) is 0 Å². The third kappa shape index (κ3) is 4.94. The molecule has 1 aliphatic carbocycles. The van der Waals surface area contributed by atoms with E-state index in [0.29, 0.717) is 17.4 Å². The van der Waals surface area contributed by atoms with Gasteiger partial charge in [0, 0.05) is 34.6 Å². The number of benzene rings is 1. The smallest absolute Gasteiger partial charge is 0.264 e. The topological polar surface area (TPSA) is 93.5 Å². The van der Waals surface area contributed by atoms with Gasteiger partial charge < -0.3 is 14.5 Å². The average Bonchev–Trinajstić information content (AvgIpc) is 3.54. The number of fused-ring (bicyclic) bond motifs is 3. The number of anilines is 1. The van der Waals surface area contributed by atoms with Gasteiger partial charge in [-0.3, -0.25) is 14.9 Å². The Morgan fingerprint density at radius 2 is 2.06 bits per heavy atom. The summed E-state index contributed by atoms with van der Waals surface area (Å²) < 4.78 is 11.7. The Labute approximate surface area is 198 Å². The maximum Gasteiger partial charge on any atom is 0.264 e. The number of thiazole rings is 1. The van der Waals surface area contributed by atoms with Gasteiger partial charge in [0.1, 0.15) is 17.1 Å². The summed E-state index contributed by atoms with van der Waals surface area (Å²) in [7, 11) is 0. The van der Waals surface area contributed by atoms with Gasteiger partial charge in [-0.1, -0.05) is 0 Å². The number of carbonyl (C=O) groups is 2. The minimum atomic E-state index is -0.261. The summed E-state index contributed by atoms with van der Waals surface area (Å²) in [4.78, 5) is 30.0. The highest BCUT2D eigenvalue weighted by Gasteiger charge is 2.18. The van der Waals surface area contributed by atoms with Gasteiger partial charge in [0.05, 0.1) is 17.1 Å². The molecule has 1 aromatic carbocycles. The van der Waals surface area contributed by atoms with E-state index in [1.165, 1.54) is 36.7 Å². The molecular formula is C24H23N3O4S2. The Morgan fingerprint density at radius 3 is 2.94 bits per heavy atom. The highest BCUT2D eigenvalue weighted by Crippen LogP contribution is 2.34. The number of aryl methyl sites for hydroxylation is 2. The van der Waals surface area contributed by atoms with Crippen LogP contribution in [0, 0.1) is 0 Å². The van der Waals surface area contributed by atoms with Crippen LogP contribution in [-0.4, -0.2) is 23.4 Å². The SMILES string of the molecule is CC(=O)NCc1ccc(-c2csc(NC(=O)COc3ccc4oc5c(c4c3)CCCC5)n2)s1. The normalized spacial score (nSPS) is 13.0. The van der Waals surface area contributed by atoms with Crippen molar-refractivity contribution in [3.63, 3.8) is 0 Å². The van der Waals surface area contributed by atoms with E-state index in [9.17, 15) is 9.59 Å². The van der Waals surface area contributed by atoms with E-state index < -0.39 is 0 Å². The van der Waals surface area contributed by atoms with Crippen molar-refractivity contribution < 1.29 is 18.7 Å². The van der Waals surface area contributed by atoms with Gasteiger partial charge in [-0.15, -0.1) is 22.7 Å². The van der Waals surface area contributed by atoms with Gasteiger partial charge >= 0.3 is 0 Å². The summed E-state index contributed by atoms with van der Waals surface area (Å²) >= 11 is 2.93. The van der Waals surface area contributed by atoms with Crippen LogP contribution >= 0.6 is 22.7 Å². The number of carbonyl (C=O) groups excluding carboxylic acids is 2. The van der Waals surface area contributed by atoms with Crippen molar-refractivity contribution in [1.82, 2.24) is 10.3 Å². The number of aromatic nitrogens is 1. The molecule has 4 aromatic rings. The van der Waals surface area contributed by atoms with E-state index in [1.54, 1.807) is 11.3 Å². The molecule has 2 amide bonds. The Hall–Kier alpha value is -3.17. The maximum absolute atomic E-state index is 12.4. The van der Waals surface area contributed by atoms with E-state index in [2.05, 4.69) is 15.6 Å². The lowest BCUT2D eigenvalue weighted by Crippen LogP contribution is -2.20. The van der Waals surface area contributed by atoms with Crippen LogP contribution in [0.4, 0.5) is 5.13 Å². The summed E-state index contributed by atoms with van der Waals surface area (Å²) in [5.41, 5.74) is 2.95. The zero-order valence-electron chi connectivity index (χ0n) is 18.1. The Balaban J connectivity index is 1.18. The summed E-state index contributed by atoms with van der Waals surface area (Å²) in [5, 5.41) is 9.10. The summed E-state index contributed by atoms with van der Waals surface area (Å²) in [5.74, 6) is 1.41. The number of ether oxygens (including phenoxy) is 1. The van der Waals surface area contributed by atoms with Crippen molar-refractivity contribution in [3.05, 3.63) is 51.9 Å². The van der Waals surface area contributed by atoms with Gasteiger partial charge in [-0.05, 0) is 49.6 Å². The van der Waals surface area contributed by atoms with Crippen molar-refractivity contribution >= 4 is 50.6 Å². The van der Waals surface area contributed by atoms with Crippen LogP contribution in [-0.2, 0) is 29.0 Å². The van der Waals surface area contributed by atoms with E-state index in [4.69, 9.17) is 9.15 Å². The van der Waals surface area contributed by atoms with E-state index in [-0.39, 0.29) is 18.4 Å². The van der Waals surface area contributed by atoms with E-state index in [0.717, 1.165) is 45.0 Å². The molecule has 0 saturated heterocycles. The van der Waals surface area contributed by atoms with Crippen LogP contribution in [0.5, 0.6) is 5.75 Å². The predicted octanol–water partition coefficient (Wildman–Crippen LogP) is 5.15. The van der Waals surface area contributed by atoms with Crippen LogP contribution in [0.15, 0.2) is 40.1 Å². The molecule has 33 heavy (non-hydrogen) atoms. The maximum atomic E-state index is 12.4. The largest absolute Gasteiger partial charge is 0.484 e. The van der Waals surface area contributed by atoms with E-state index >= 15 is 0 Å². The number of nitrogens with one attached hydrogen (secondary N) is 2. The molecule has 1 aliphatic rings. The first kappa shape index (κ1) is 21.7. The van der Waals surface area contributed by atoms with E-state index in [1.807, 2.05) is 35.7 Å². The quantitative estimate of drug-likeness (QED) is 0.381. The number of nitrogens with zero attached hydrogens (tertiary/aromatic N) is 1. The number of amides is 2. The molecule has 0 spiro atoms. The first-order valence-corrected chi connectivity index (χ1v) is 12.5. The number of furan rings is 1. The van der Waals surface area contributed by atoms with Crippen molar-refractivity contribution in [2.75, 3.05) is 11.9 Å². The molecule has 0 saturated carbocycles. The third-order valence-corrected chi connectivity index (χ3v) is 7.34. The van der Waals surface area contributed by atoms with Crippen LogP contribution in [0.2, 0.25) is 0 Å². The monoisotopic (exact) mass is 481 g/mol. The molecule has 9 heteroatoms. The first-order chi connectivity index (χ1) is 16.0. The lowest BCUT2D eigenvalue weighted by Gasteiger charge is -2.09. The molecule has 170 valence electrons. The number of hydrogen-bond donors (Lipinski definition) is 2. The van der Waals surface area contributed by atoms with Crippen molar-refractivity contribution in [2.45, 2.75) is 39.2 Å². The number of thiophene rings is 1. The molecule has 3 aromatic heterocycles. The van der Waals surface area contributed by atoms with Gasteiger partial charge in [-0.2, -0.15) is 0 Å². The van der Waals surface area contributed by atoms with Crippen molar-refractivity contribution in [3.8, 4) is 16.3 Å². The molecule has 5 rings (SSSR count). The van der Waals surface area contributed by atoms with Crippen LogP contribution < -0.4 is 15.4 Å². The molecule has 0 radical (unpaired) electrons. The highest BCUT2D eigenvalue weighted by atomic mass is 32.1. The lowest BCUT2D eigenvalue weighted by molar-refractivity contribution is -0.119. The molecule has 0 fully saturated rings. The van der Waals surface area contributed by atoms with Crippen LogP contribution in [0.1, 0.15) is 36.0 Å². The minimum Gasteiger partial charge on any atom is -0.484 e. The molecule has 3 heterocycles. The molecular weight excluding hydrogens is 458 g/mol. The van der Waals surface area contributed by atoms with Gasteiger partial charge in [0.25, 0.3) is 5.91 Å². The molecule has 2 N–H and O–H groups in total. The summed E-state index contributed by atoms with van der Waals surface area (Å²) in [6.45, 7) is 1.90. The molecule has 0 aliphatic heterocycles. The zero-order valence-corrected chi connectivity index (χ0v) is 19.7. The predicted molar refractivity (Wildman–Crippen MR) is 130 cm³/mol. The minimum absolute atomic E-state index is 0.0603. The second-order valence-corrected chi connectivity index (χ2v) is 9.95.